The number of ether oxygens (including phenoxy) is 2. The Balaban J connectivity index is 2.01. The first-order valence-electron chi connectivity index (χ1n) is 9.43. The van der Waals surface area contributed by atoms with Crippen LogP contribution in [0, 0.1) is 0 Å². The van der Waals surface area contributed by atoms with E-state index in [1.165, 1.54) is 6.07 Å². The SMILES string of the molecule is COc1ccc(Cc2cccc(C(O)C(F)(F)F)c2Cc2ccc(OC)cc2)cc1. The Hall–Kier alpha value is -2.99. The van der Waals surface area contributed by atoms with Gasteiger partial charge in [-0.2, -0.15) is 13.2 Å². The summed E-state index contributed by atoms with van der Waals surface area (Å²) in [6.45, 7) is 0. The fourth-order valence-corrected chi connectivity index (χ4v) is 3.38. The van der Waals surface area contributed by atoms with Gasteiger partial charge in [-0.3, -0.25) is 0 Å². The van der Waals surface area contributed by atoms with Gasteiger partial charge in [-0.1, -0.05) is 42.5 Å². The van der Waals surface area contributed by atoms with Crippen LogP contribution in [0.15, 0.2) is 66.7 Å². The Morgan fingerprint density at radius 1 is 0.767 bits per heavy atom. The normalized spacial score (nSPS) is 12.5. The van der Waals surface area contributed by atoms with Crippen molar-refractivity contribution in [2.75, 3.05) is 14.2 Å². The van der Waals surface area contributed by atoms with Crippen LogP contribution < -0.4 is 9.47 Å². The smallest absolute Gasteiger partial charge is 0.418 e. The van der Waals surface area contributed by atoms with Crippen LogP contribution in [0.5, 0.6) is 11.5 Å². The molecule has 30 heavy (non-hydrogen) atoms. The van der Waals surface area contributed by atoms with Gasteiger partial charge in [0, 0.05) is 0 Å². The largest absolute Gasteiger partial charge is 0.497 e. The second kappa shape index (κ2) is 9.22. The molecule has 0 aromatic heterocycles. The minimum Gasteiger partial charge on any atom is -0.497 e. The van der Waals surface area contributed by atoms with Crippen LogP contribution in [0.4, 0.5) is 13.2 Å². The molecular formula is C24H23F3O3. The molecule has 1 unspecified atom stereocenters. The molecule has 0 heterocycles. The van der Waals surface area contributed by atoms with E-state index >= 15 is 0 Å². The van der Waals surface area contributed by atoms with Gasteiger partial charge in [0.2, 0.25) is 0 Å². The molecule has 0 saturated heterocycles. The lowest BCUT2D eigenvalue weighted by atomic mass is 9.89. The van der Waals surface area contributed by atoms with Gasteiger partial charge in [0.1, 0.15) is 11.5 Å². The monoisotopic (exact) mass is 416 g/mol. The summed E-state index contributed by atoms with van der Waals surface area (Å²) >= 11 is 0. The maximum atomic E-state index is 13.3. The van der Waals surface area contributed by atoms with E-state index in [-0.39, 0.29) is 12.0 Å². The van der Waals surface area contributed by atoms with Crippen molar-refractivity contribution in [2.24, 2.45) is 0 Å². The molecule has 1 atom stereocenters. The van der Waals surface area contributed by atoms with Crippen molar-refractivity contribution in [2.45, 2.75) is 25.1 Å². The van der Waals surface area contributed by atoms with Gasteiger partial charge in [-0.15, -0.1) is 0 Å². The van der Waals surface area contributed by atoms with Crippen molar-refractivity contribution in [3.8, 4) is 11.5 Å². The van der Waals surface area contributed by atoms with E-state index in [0.29, 0.717) is 23.5 Å². The number of benzene rings is 3. The summed E-state index contributed by atoms with van der Waals surface area (Å²) in [7, 11) is 3.13. The third-order valence-electron chi connectivity index (χ3n) is 5.01. The fraction of sp³-hybridized carbons (Fsp3) is 0.250. The maximum absolute atomic E-state index is 13.3. The molecule has 0 bridgehead atoms. The van der Waals surface area contributed by atoms with Crippen LogP contribution in [0.2, 0.25) is 0 Å². The average molecular weight is 416 g/mol. The van der Waals surface area contributed by atoms with Gasteiger partial charge in [0.15, 0.2) is 6.10 Å². The van der Waals surface area contributed by atoms with Crippen molar-refractivity contribution in [3.05, 3.63) is 94.5 Å². The van der Waals surface area contributed by atoms with Crippen LogP contribution in [-0.4, -0.2) is 25.5 Å². The molecular weight excluding hydrogens is 393 g/mol. The molecule has 0 aliphatic rings. The minimum absolute atomic E-state index is 0.121. The van der Waals surface area contributed by atoms with Crippen molar-refractivity contribution in [1.29, 1.82) is 0 Å². The Bertz CT molecular complexity index is 964. The van der Waals surface area contributed by atoms with E-state index in [4.69, 9.17) is 9.47 Å². The number of aliphatic hydroxyl groups is 1. The summed E-state index contributed by atoms with van der Waals surface area (Å²) in [5, 5.41) is 10.00. The number of rotatable bonds is 7. The summed E-state index contributed by atoms with van der Waals surface area (Å²) in [6.07, 6.45) is -6.58. The van der Waals surface area contributed by atoms with Gasteiger partial charge >= 0.3 is 6.18 Å². The molecule has 0 spiro atoms. The fourth-order valence-electron chi connectivity index (χ4n) is 3.38. The highest BCUT2D eigenvalue weighted by atomic mass is 19.4. The molecule has 6 heteroatoms. The zero-order valence-corrected chi connectivity index (χ0v) is 16.7. The number of hydrogen-bond donors (Lipinski definition) is 1. The number of aliphatic hydroxyl groups excluding tert-OH is 1. The molecule has 158 valence electrons. The van der Waals surface area contributed by atoms with E-state index in [2.05, 4.69) is 0 Å². The summed E-state index contributed by atoms with van der Waals surface area (Å²) < 4.78 is 50.3. The number of methoxy groups -OCH3 is 2. The third-order valence-corrected chi connectivity index (χ3v) is 5.01. The molecule has 3 aromatic rings. The summed E-state index contributed by atoms with van der Waals surface area (Å²) in [5.41, 5.74) is 2.85. The predicted octanol–water partition coefficient (Wildman–Crippen LogP) is 5.48. The van der Waals surface area contributed by atoms with Crippen molar-refractivity contribution < 1.29 is 27.8 Å². The van der Waals surface area contributed by atoms with E-state index in [1.807, 2.05) is 36.4 Å². The zero-order chi connectivity index (χ0) is 21.7. The maximum Gasteiger partial charge on any atom is 0.418 e. The molecule has 0 saturated carbocycles. The van der Waals surface area contributed by atoms with E-state index < -0.39 is 12.3 Å². The molecule has 1 N–H and O–H groups in total. The van der Waals surface area contributed by atoms with Crippen molar-refractivity contribution >= 4 is 0 Å². The van der Waals surface area contributed by atoms with E-state index in [0.717, 1.165) is 16.7 Å². The molecule has 0 fully saturated rings. The summed E-state index contributed by atoms with van der Waals surface area (Å²) in [6, 6.07) is 19.2. The van der Waals surface area contributed by atoms with Crippen LogP contribution in [-0.2, 0) is 12.8 Å². The first-order chi connectivity index (χ1) is 14.3. The first kappa shape index (κ1) is 21.7. The van der Waals surface area contributed by atoms with Gasteiger partial charge < -0.3 is 14.6 Å². The Morgan fingerprint density at radius 3 is 1.73 bits per heavy atom. The zero-order valence-electron chi connectivity index (χ0n) is 16.7. The number of halogens is 3. The summed E-state index contributed by atoms with van der Waals surface area (Å²) in [4.78, 5) is 0. The average Bonchev–Trinajstić information content (AvgIpc) is 2.75. The van der Waals surface area contributed by atoms with Crippen LogP contribution in [0.3, 0.4) is 0 Å². The minimum atomic E-state index is -4.74. The van der Waals surface area contributed by atoms with Crippen molar-refractivity contribution in [1.82, 2.24) is 0 Å². The Morgan fingerprint density at radius 2 is 1.27 bits per heavy atom. The van der Waals surface area contributed by atoms with Gasteiger partial charge in [0.25, 0.3) is 0 Å². The molecule has 0 aliphatic carbocycles. The highest BCUT2D eigenvalue weighted by Gasteiger charge is 2.40. The van der Waals surface area contributed by atoms with Gasteiger partial charge in [-0.25, -0.2) is 0 Å². The predicted molar refractivity (Wildman–Crippen MR) is 109 cm³/mol. The molecule has 0 radical (unpaired) electrons. The van der Waals surface area contributed by atoms with E-state index in [1.54, 1.807) is 38.5 Å². The number of hydrogen-bond acceptors (Lipinski definition) is 3. The van der Waals surface area contributed by atoms with E-state index in [9.17, 15) is 18.3 Å². The standard InChI is InChI=1S/C24H23F3O3/c1-29-19-10-6-16(7-11-19)14-18-4-3-5-21(23(28)24(25,26)27)22(18)15-17-8-12-20(30-2)13-9-17/h3-13,23,28H,14-15H2,1-2H3. The topological polar surface area (TPSA) is 38.7 Å². The third kappa shape index (κ3) is 5.13. The Kier molecular flexibility index (Phi) is 6.67. The lowest BCUT2D eigenvalue weighted by molar-refractivity contribution is -0.207. The quantitative estimate of drug-likeness (QED) is 0.554. The summed E-state index contributed by atoms with van der Waals surface area (Å²) in [5.74, 6) is 1.37. The van der Waals surface area contributed by atoms with Crippen molar-refractivity contribution in [3.63, 3.8) is 0 Å². The second-order valence-electron chi connectivity index (χ2n) is 6.98. The van der Waals surface area contributed by atoms with Crippen LogP contribution in [0.1, 0.15) is 33.9 Å². The highest BCUT2D eigenvalue weighted by molar-refractivity contribution is 5.44. The lowest BCUT2D eigenvalue weighted by Crippen LogP contribution is -2.22. The van der Waals surface area contributed by atoms with Gasteiger partial charge in [0.05, 0.1) is 14.2 Å². The Labute approximate surface area is 173 Å². The van der Waals surface area contributed by atoms with Crippen LogP contribution >= 0.6 is 0 Å². The van der Waals surface area contributed by atoms with Crippen LogP contribution in [0.25, 0.3) is 0 Å². The van der Waals surface area contributed by atoms with Gasteiger partial charge in [-0.05, 0) is 64.9 Å². The highest BCUT2D eigenvalue weighted by Crippen LogP contribution is 2.36. The number of alkyl halides is 3. The molecule has 3 rings (SSSR count). The molecule has 3 nitrogen and oxygen atoms in total. The molecule has 3 aromatic carbocycles. The second-order valence-corrected chi connectivity index (χ2v) is 6.98. The lowest BCUT2D eigenvalue weighted by Gasteiger charge is -2.21. The molecule has 0 amide bonds. The molecule has 0 aliphatic heterocycles. The first-order valence-corrected chi connectivity index (χ1v) is 9.43.